The molecule has 1 aliphatic carbocycles. The van der Waals surface area contributed by atoms with E-state index in [1.54, 1.807) is 18.1 Å². The highest BCUT2D eigenvalue weighted by atomic mass is 16.5. The van der Waals surface area contributed by atoms with Crippen molar-refractivity contribution < 1.29 is 23.5 Å². The van der Waals surface area contributed by atoms with E-state index in [-0.39, 0.29) is 30.6 Å². The molecule has 3 aromatic rings. The van der Waals surface area contributed by atoms with Gasteiger partial charge in [-0.25, -0.2) is 0 Å². The van der Waals surface area contributed by atoms with E-state index in [0.29, 0.717) is 35.2 Å². The summed E-state index contributed by atoms with van der Waals surface area (Å²) in [6.45, 7) is 1.12. The molecule has 0 bridgehead atoms. The predicted octanol–water partition coefficient (Wildman–Crippen LogP) is 3.80. The molecule has 192 valence electrons. The summed E-state index contributed by atoms with van der Waals surface area (Å²) in [4.78, 5) is 40.5. The van der Waals surface area contributed by atoms with E-state index in [1.165, 1.54) is 32.1 Å². The van der Waals surface area contributed by atoms with Gasteiger partial charge in [-0.05, 0) is 54.3 Å². The molecule has 2 amide bonds. The van der Waals surface area contributed by atoms with Gasteiger partial charge in [0.05, 0.1) is 20.1 Å². The number of hydrogen-bond acceptors (Lipinski definition) is 6. The first-order chi connectivity index (χ1) is 17.9. The van der Waals surface area contributed by atoms with E-state index in [1.807, 2.05) is 30.3 Å². The number of furan rings is 1. The molecule has 3 aliphatic rings. The molecule has 1 aromatic heterocycles. The van der Waals surface area contributed by atoms with E-state index >= 15 is 0 Å². The van der Waals surface area contributed by atoms with Crippen molar-refractivity contribution >= 4 is 28.6 Å². The normalized spacial score (nSPS) is 22.1. The van der Waals surface area contributed by atoms with Gasteiger partial charge in [-0.15, -0.1) is 0 Å². The summed E-state index contributed by atoms with van der Waals surface area (Å²) >= 11 is 0. The molecule has 8 nitrogen and oxygen atoms in total. The minimum Gasteiger partial charge on any atom is -0.497 e. The lowest BCUT2D eigenvalue weighted by molar-refractivity contribution is -0.124. The van der Waals surface area contributed by atoms with Crippen molar-refractivity contribution in [2.24, 2.45) is 0 Å². The molecular formula is C29H31N3O5. The molecule has 2 aromatic carbocycles. The number of carbonyl (C=O) groups excluding carboxylic acids is 3. The maximum atomic E-state index is 13.3. The number of nitrogens with one attached hydrogen (secondary N) is 2. The maximum Gasteiger partial charge on any atom is 0.254 e. The SMILES string of the molecule is COc1ccc2c(c1)C(=O)N(C[C@@]1(c3cc4cc(CNC5CCCCC5)ccc4o3)NC(=O)CC1=O)C2. The third kappa shape index (κ3) is 4.29. The fourth-order valence-electron chi connectivity index (χ4n) is 5.92. The molecule has 0 spiro atoms. The standard InChI is InChI=1S/C29H31N3O5/c1-36-22-9-8-19-16-32(28(35)23(19)13-22)17-29(25(33)14-27(34)31-29)26-12-20-11-18(7-10-24(20)37-26)15-30-21-5-3-2-4-6-21/h7-13,21,30H,2-6,14-17H2,1H3,(H,31,34)/t29-/m1/s1. The molecule has 2 N–H and O–H groups in total. The smallest absolute Gasteiger partial charge is 0.254 e. The van der Waals surface area contributed by atoms with Crippen molar-refractivity contribution in [2.75, 3.05) is 13.7 Å². The lowest BCUT2D eigenvalue weighted by atomic mass is 9.91. The zero-order valence-electron chi connectivity index (χ0n) is 21.0. The lowest BCUT2D eigenvalue weighted by Crippen LogP contribution is -2.52. The van der Waals surface area contributed by atoms with Crippen LogP contribution in [0.4, 0.5) is 0 Å². The van der Waals surface area contributed by atoms with Crippen LogP contribution in [0.15, 0.2) is 46.9 Å². The van der Waals surface area contributed by atoms with Crippen molar-refractivity contribution in [1.29, 1.82) is 0 Å². The zero-order chi connectivity index (χ0) is 25.6. The molecular weight excluding hydrogens is 470 g/mol. The summed E-state index contributed by atoms with van der Waals surface area (Å²) in [6, 6.07) is 13.8. The number of nitrogens with zero attached hydrogens (tertiary/aromatic N) is 1. The fourth-order valence-corrected chi connectivity index (χ4v) is 5.92. The van der Waals surface area contributed by atoms with Gasteiger partial charge in [0.25, 0.3) is 5.91 Å². The van der Waals surface area contributed by atoms with E-state index in [4.69, 9.17) is 9.15 Å². The number of ether oxygens (including phenoxy) is 1. The number of hydrogen-bond donors (Lipinski definition) is 2. The number of amides is 2. The largest absolute Gasteiger partial charge is 0.497 e. The Bertz CT molecular complexity index is 1390. The van der Waals surface area contributed by atoms with Gasteiger partial charge in [0.15, 0.2) is 11.3 Å². The van der Waals surface area contributed by atoms with Gasteiger partial charge >= 0.3 is 0 Å². The van der Waals surface area contributed by atoms with Crippen molar-refractivity contribution in [3.8, 4) is 5.75 Å². The number of fused-ring (bicyclic) bond motifs is 2. The van der Waals surface area contributed by atoms with E-state index in [9.17, 15) is 14.4 Å². The fraction of sp³-hybridized carbons (Fsp3) is 0.414. The molecule has 2 fully saturated rings. The van der Waals surface area contributed by atoms with Gasteiger partial charge in [-0.1, -0.05) is 31.4 Å². The Morgan fingerprint density at radius 3 is 2.68 bits per heavy atom. The van der Waals surface area contributed by atoms with E-state index in [2.05, 4.69) is 16.7 Å². The summed E-state index contributed by atoms with van der Waals surface area (Å²) < 4.78 is 11.4. The summed E-state index contributed by atoms with van der Waals surface area (Å²) in [5.41, 5.74) is 1.77. The van der Waals surface area contributed by atoms with Crippen molar-refractivity contribution in [3.05, 3.63) is 64.9 Å². The van der Waals surface area contributed by atoms with Gasteiger partial charge in [0.2, 0.25) is 5.91 Å². The van der Waals surface area contributed by atoms with Crippen LogP contribution in [0.2, 0.25) is 0 Å². The van der Waals surface area contributed by atoms with Crippen LogP contribution in [0.1, 0.15) is 65.8 Å². The van der Waals surface area contributed by atoms with Crippen LogP contribution in [0, 0.1) is 0 Å². The molecule has 8 heteroatoms. The second-order valence-corrected chi connectivity index (χ2v) is 10.4. The Labute approximate surface area is 215 Å². The molecule has 6 rings (SSSR count). The van der Waals surface area contributed by atoms with E-state index in [0.717, 1.165) is 23.1 Å². The maximum absolute atomic E-state index is 13.3. The predicted molar refractivity (Wildman–Crippen MR) is 137 cm³/mol. The highest BCUT2D eigenvalue weighted by Crippen LogP contribution is 2.37. The minimum absolute atomic E-state index is 0.00329. The lowest BCUT2D eigenvalue weighted by Gasteiger charge is -2.30. The molecule has 1 saturated heterocycles. The Hall–Kier alpha value is -3.65. The van der Waals surface area contributed by atoms with Crippen LogP contribution in [0.25, 0.3) is 11.0 Å². The average Bonchev–Trinajstić information content (AvgIpc) is 3.56. The van der Waals surface area contributed by atoms with Crippen LogP contribution >= 0.6 is 0 Å². The zero-order valence-corrected chi connectivity index (χ0v) is 21.0. The van der Waals surface area contributed by atoms with Crippen LogP contribution in [-0.4, -0.2) is 42.2 Å². The Balaban J connectivity index is 1.27. The number of methoxy groups -OCH3 is 1. The summed E-state index contributed by atoms with van der Waals surface area (Å²) in [6.07, 6.45) is 6.07. The topological polar surface area (TPSA) is 101 Å². The number of Topliss-reactive ketones (excluding diaryl/α,β-unsaturated/α-hetero) is 1. The first-order valence-corrected chi connectivity index (χ1v) is 13.0. The monoisotopic (exact) mass is 501 g/mol. The Morgan fingerprint density at radius 2 is 1.92 bits per heavy atom. The van der Waals surface area contributed by atoms with Crippen molar-refractivity contribution in [3.63, 3.8) is 0 Å². The second-order valence-electron chi connectivity index (χ2n) is 10.4. The summed E-state index contributed by atoms with van der Waals surface area (Å²) in [5.74, 6) is 0.0946. The van der Waals surface area contributed by atoms with Crippen molar-refractivity contribution in [1.82, 2.24) is 15.5 Å². The Morgan fingerprint density at radius 1 is 1.08 bits per heavy atom. The molecule has 2 aliphatic heterocycles. The molecule has 37 heavy (non-hydrogen) atoms. The molecule has 3 heterocycles. The number of carbonyl (C=O) groups is 3. The third-order valence-corrected chi connectivity index (χ3v) is 7.98. The van der Waals surface area contributed by atoms with E-state index < -0.39 is 5.54 Å². The average molecular weight is 502 g/mol. The summed E-state index contributed by atoms with van der Waals surface area (Å²) in [5, 5.41) is 7.39. The van der Waals surface area contributed by atoms with Crippen LogP contribution in [-0.2, 0) is 28.2 Å². The highest BCUT2D eigenvalue weighted by Gasteiger charge is 2.52. The molecule has 0 radical (unpaired) electrons. The number of ketones is 1. The van der Waals surface area contributed by atoms with Crippen molar-refractivity contribution in [2.45, 2.75) is 63.2 Å². The van der Waals surface area contributed by atoms with Gasteiger partial charge in [0, 0.05) is 30.1 Å². The van der Waals surface area contributed by atoms with Gasteiger partial charge in [-0.2, -0.15) is 0 Å². The summed E-state index contributed by atoms with van der Waals surface area (Å²) in [7, 11) is 1.56. The van der Waals surface area contributed by atoms with Crippen LogP contribution < -0.4 is 15.4 Å². The van der Waals surface area contributed by atoms with Crippen LogP contribution in [0.5, 0.6) is 5.75 Å². The highest BCUT2D eigenvalue weighted by molar-refractivity contribution is 6.11. The molecule has 1 saturated carbocycles. The minimum atomic E-state index is -1.42. The molecule has 0 unspecified atom stereocenters. The van der Waals surface area contributed by atoms with Gasteiger partial charge in [0.1, 0.15) is 17.1 Å². The first-order valence-electron chi connectivity index (χ1n) is 13.0. The molecule has 1 atom stereocenters. The quantitative estimate of drug-likeness (QED) is 0.478. The van der Waals surface area contributed by atoms with Crippen LogP contribution in [0.3, 0.4) is 0 Å². The Kier molecular flexibility index (Phi) is 5.99. The second kappa shape index (κ2) is 9.34. The number of benzene rings is 2. The third-order valence-electron chi connectivity index (χ3n) is 7.98. The van der Waals surface area contributed by atoms with Gasteiger partial charge < -0.3 is 24.7 Å². The number of rotatable bonds is 7. The van der Waals surface area contributed by atoms with Gasteiger partial charge in [-0.3, -0.25) is 14.4 Å². The first kappa shape index (κ1) is 23.7.